The summed E-state index contributed by atoms with van der Waals surface area (Å²) in [5.41, 5.74) is 10.5. The second kappa shape index (κ2) is 4.57. The van der Waals surface area contributed by atoms with E-state index < -0.39 is 22.4 Å². The van der Waals surface area contributed by atoms with Crippen molar-refractivity contribution < 1.29 is 10.0 Å². The van der Waals surface area contributed by atoms with E-state index in [0.717, 1.165) is 6.07 Å². The fourth-order valence-corrected chi connectivity index (χ4v) is 1.25. The number of nitro benzene ring substituents is 1. The predicted octanol–water partition coefficient (Wildman–Crippen LogP) is 0.131. The summed E-state index contributed by atoms with van der Waals surface area (Å²) < 4.78 is 0. The summed E-state index contributed by atoms with van der Waals surface area (Å²) in [4.78, 5) is 9.84. The SMILES string of the molecule is N#Cc1cc([C@H](N)CN)c(O)c([N+](=O)[O-])c1. The topological polar surface area (TPSA) is 139 Å². The van der Waals surface area contributed by atoms with Crippen molar-refractivity contribution in [2.24, 2.45) is 11.5 Å². The van der Waals surface area contributed by atoms with Crippen LogP contribution >= 0.6 is 0 Å². The molecule has 0 radical (unpaired) electrons. The maximum Gasteiger partial charge on any atom is 0.312 e. The number of benzene rings is 1. The third-order valence-electron chi connectivity index (χ3n) is 2.10. The molecule has 0 aliphatic carbocycles. The van der Waals surface area contributed by atoms with Crippen LogP contribution in [0.1, 0.15) is 17.2 Å². The second-order valence-corrected chi connectivity index (χ2v) is 3.14. The van der Waals surface area contributed by atoms with Crippen molar-refractivity contribution >= 4 is 5.69 Å². The van der Waals surface area contributed by atoms with Crippen LogP contribution in [-0.4, -0.2) is 16.6 Å². The molecule has 0 saturated heterocycles. The van der Waals surface area contributed by atoms with Crippen LogP contribution in [0.15, 0.2) is 12.1 Å². The second-order valence-electron chi connectivity index (χ2n) is 3.14. The Labute approximate surface area is 91.0 Å². The van der Waals surface area contributed by atoms with Crippen molar-refractivity contribution in [3.8, 4) is 11.8 Å². The number of nitriles is 1. The standard InChI is InChI=1S/C9H10N4O3/c10-3-5-1-6(7(12)4-11)9(14)8(2-5)13(15)16/h1-2,7,14H,4,11-12H2/t7-/m1/s1. The Morgan fingerprint density at radius 1 is 1.62 bits per heavy atom. The highest BCUT2D eigenvalue weighted by molar-refractivity contribution is 5.56. The van der Waals surface area contributed by atoms with Gasteiger partial charge < -0.3 is 16.6 Å². The minimum Gasteiger partial charge on any atom is -0.502 e. The van der Waals surface area contributed by atoms with E-state index in [4.69, 9.17) is 16.7 Å². The number of hydrogen-bond acceptors (Lipinski definition) is 6. The van der Waals surface area contributed by atoms with Crippen molar-refractivity contribution in [2.45, 2.75) is 6.04 Å². The largest absolute Gasteiger partial charge is 0.502 e. The molecule has 7 nitrogen and oxygen atoms in total. The minimum absolute atomic E-state index is 0.0135. The Morgan fingerprint density at radius 2 is 2.25 bits per heavy atom. The maximum absolute atomic E-state index is 10.6. The number of phenols is 1. The molecule has 0 bridgehead atoms. The van der Waals surface area contributed by atoms with Crippen molar-refractivity contribution in [2.75, 3.05) is 6.54 Å². The number of rotatable bonds is 3. The number of nitrogens with two attached hydrogens (primary N) is 2. The fraction of sp³-hybridized carbons (Fsp3) is 0.222. The molecule has 1 atom stereocenters. The van der Waals surface area contributed by atoms with E-state index in [1.165, 1.54) is 6.07 Å². The molecule has 0 aliphatic rings. The lowest BCUT2D eigenvalue weighted by molar-refractivity contribution is -0.386. The molecule has 0 spiro atoms. The van der Waals surface area contributed by atoms with Gasteiger partial charge in [0.2, 0.25) is 0 Å². The Kier molecular flexibility index (Phi) is 3.40. The maximum atomic E-state index is 10.6. The molecule has 1 rings (SSSR count). The van der Waals surface area contributed by atoms with Gasteiger partial charge in [0.25, 0.3) is 0 Å². The highest BCUT2D eigenvalue weighted by Gasteiger charge is 2.21. The lowest BCUT2D eigenvalue weighted by Crippen LogP contribution is -2.21. The first-order valence-corrected chi connectivity index (χ1v) is 4.38. The van der Waals surface area contributed by atoms with Gasteiger partial charge in [-0.2, -0.15) is 5.26 Å². The lowest BCUT2D eigenvalue weighted by Gasteiger charge is -2.11. The molecule has 7 heteroatoms. The van der Waals surface area contributed by atoms with Gasteiger partial charge in [-0.15, -0.1) is 0 Å². The molecule has 1 aromatic rings. The first-order valence-electron chi connectivity index (χ1n) is 4.38. The number of aromatic hydroxyl groups is 1. The summed E-state index contributed by atoms with van der Waals surface area (Å²) >= 11 is 0. The third kappa shape index (κ3) is 2.08. The molecule has 0 saturated carbocycles. The monoisotopic (exact) mass is 222 g/mol. The van der Waals surface area contributed by atoms with E-state index in [1.807, 2.05) is 0 Å². The summed E-state index contributed by atoms with van der Waals surface area (Å²) in [5, 5.41) is 28.9. The summed E-state index contributed by atoms with van der Waals surface area (Å²) in [5.74, 6) is -0.540. The fourth-order valence-electron chi connectivity index (χ4n) is 1.25. The molecular weight excluding hydrogens is 212 g/mol. The van der Waals surface area contributed by atoms with Crippen LogP contribution in [0.2, 0.25) is 0 Å². The number of nitro groups is 1. The summed E-state index contributed by atoms with van der Waals surface area (Å²) in [6.45, 7) is 0.0135. The molecule has 0 fully saturated rings. The van der Waals surface area contributed by atoms with Crippen molar-refractivity contribution in [3.63, 3.8) is 0 Å². The summed E-state index contributed by atoms with van der Waals surface area (Å²) in [6, 6.07) is 3.29. The normalized spacial score (nSPS) is 11.8. The van der Waals surface area contributed by atoms with E-state index in [2.05, 4.69) is 0 Å². The number of nitrogens with zero attached hydrogens (tertiary/aromatic N) is 2. The molecule has 0 aliphatic heterocycles. The van der Waals surface area contributed by atoms with E-state index in [0.29, 0.717) is 0 Å². The summed E-state index contributed by atoms with van der Waals surface area (Å²) in [6.07, 6.45) is 0. The first-order chi connectivity index (χ1) is 7.51. The molecular formula is C9H10N4O3. The smallest absolute Gasteiger partial charge is 0.312 e. The lowest BCUT2D eigenvalue weighted by atomic mass is 10.0. The molecule has 5 N–H and O–H groups in total. The predicted molar refractivity (Wildman–Crippen MR) is 55.5 cm³/mol. The number of hydrogen-bond donors (Lipinski definition) is 3. The zero-order valence-corrected chi connectivity index (χ0v) is 8.25. The van der Waals surface area contributed by atoms with E-state index in [1.54, 1.807) is 6.07 Å². The van der Waals surface area contributed by atoms with Gasteiger partial charge in [-0.25, -0.2) is 0 Å². The molecule has 84 valence electrons. The van der Waals surface area contributed by atoms with Crippen molar-refractivity contribution in [3.05, 3.63) is 33.4 Å². The molecule has 1 aromatic carbocycles. The Morgan fingerprint density at radius 3 is 2.69 bits per heavy atom. The molecule has 0 heterocycles. The van der Waals surface area contributed by atoms with Gasteiger partial charge in [-0.3, -0.25) is 10.1 Å². The quantitative estimate of drug-likeness (QED) is 0.490. The van der Waals surface area contributed by atoms with Crippen molar-refractivity contribution in [1.29, 1.82) is 5.26 Å². The minimum atomic E-state index is -0.775. The van der Waals surface area contributed by atoms with Gasteiger partial charge in [-0.05, 0) is 6.07 Å². The van der Waals surface area contributed by atoms with Crippen molar-refractivity contribution in [1.82, 2.24) is 0 Å². The number of phenolic OH excluding ortho intramolecular Hbond substituents is 1. The van der Waals surface area contributed by atoms with Gasteiger partial charge >= 0.3 is 5.69 Å². The van der Waals surface area contributed by atoms with Crippen LogP contribution in [0.3, 0.4) is 0 Å². The van der Waals surface area contributed by atoms with Crippen LogP contribution in [0, 0.1) is 21.4 Å². The van der Waals surface area contributed by atoms with Gasteiger partial charge in [0.1, 0.15) is 0 Å². The Bertz CT molecular complexity index is 467. The van der Waals surface area contributed by atoms with E-state index >= 15 is 0 Å². The average molecular weight is 222 g/mol. The molecule has 0 aromatic heterocycles. The Hall–Kier alpha value is -2.17. The first kappa shape index (κ1) is 11.9. The zero-order chi connectivity index (χ0) is 12.3. The van der Waals surface area contributed by atoms with E-state index in [-0.39, 0.29) is 17.7 Å². The molecule has 0 unspecified atom stereocenters. The summed E-state index contributed by atoms with van der Waals surface area (Å²) in [7, 11) is 0. The van der Waals surface area contributed by atoms with Crippen LogP contribution < -0.4 is 11.5 Å². The average Bonchev–Trinajstić information content (AvgIpc) is 2.28. The van der Waals surface area contributed by atoms with E-state index in [9.17, 15) is 15.2 Å². The molecule has 16 heavy (non-hydrogen) atoms. The molecule has 0 amide bonds. The highest BCUT2D eigenvalue weighted by atomic mass is 16.6. The van der Waals surface area contributed by atoms with Crippen LogP contribution in [-0.2, 0) is 0 Å². The highest BCUT2D eigenvalue weighted by Crippen LogP contribution is 2.33. The Balaban J connectivity index is 3.44. The van der Waals surface area contributed by atoms with Crippen LogP contribution in [0.25, 0.3) is 0 Å². The van der Waals surface area contributed by atoms with Crippen LogP contribution in [0.4, 0.5) is 5.69 Å². The zero-order valence-electron chi connectivity index (χ0n) is 8.25. The van der Waals surface area contributed by atoms with Crippen LogP contribution in [0.5, 0.6) is 5.75 Å². The third-order valence-corrected chi connectivity index (χ3v) is 2.10. The van der Waals surface area contributed by atoms with Gasteiger partial charge in [0.15, 0.2) is 5.75 Å². The van der Waals surface area contributed by atoms with Gasteiger partial charge in [0.05, 0.1) is 16.6 Å². The van der Waals surface area contributed by atoms with Gasteiger partial charge in [0, 0.05) is 24.2 Å². The van der Waals surface area contributed by atoms with Gasteiger partial charge in [-0.1, -0.05) is 0 Å².